The van der Waals surface area contributed by atoms with Gasteiger partial charge in [-0.3, -0.25) is 4.79 Å². The number of ether oxygens (including phenoxy) is 1. The number of aromatic nitrogens is 2. The molecule has 1 atom stereocenters. The molecule has 120 valence electrons. The van der Waals surface area contributed by atoms with Crippen LogP contribution in [0.3, 0.4) is 0 Å². The SMILES string of the molecule is Cc1nccc([C@@H](CC(=O)O)NC(=O)OCc2ccccc2)n1. The standard InChI is InChI=1S/C16H17N3O4/c1-11-17-8-7-13(18-11)14(9-15(20)21)19-16(22)23-10-12-5-3-2-4-6-12/h2-8,14H,9-10H2,1H3,(H,19,22)(H,20,21)/t14-/m1/s1. The number of amides is 1. The van der Waals surface area contributed by atoms with Crippen molar-refractivity contribution < 1.29 is 19.4 Å². The molecule has 1 heterocycles. The number of hydrogen-bond acceptors (Lipinski definition) is 5. The number of rotatable bonds is 6. The van der Waals surface area contributed by atoms with Crippen LogP contribution in [0, 0.1) is 6.92 Å². The van der Waals surface area contributed by atoms with Gasteiger partial charge < -0.3 is 15.2 Å². The highest BCUT2D eigenvalue weighted by atomic mass is 16.5. The molecule has 0 saturated carbocycles. The highest BCUT2D eigenvalue weighted by Gasteiger charge is 2.20. The molecular formula is C16H17N3O4. The molecule has 0 bridgehead atoms. The summed E-state index contributed by atoms with van der Waals surface area (Å²) in [5.41, 5.74) is 1.27. The fourth-order valence-electron chi connectivity index (χ4n) is 1.98. The van der Waals surface area contributed by atoms with Crippen LogP contribution in [0.15, 0.2) is 42.6 Å². The van der Waals surface area contributed by atoms with Gasteiger partial charge in [0.25, 0.3) is 0 Å². The normalized spacial score (nSPS) is 11.5. The van der Waals surface area contributed by atoms with Gasteiger partial charge in [0.2, 0.25) is 0 Å². The van der Waals surface area contributed by atoms with Gasteiger partial charge in [-0.15, -0.1) is 0 Å². The lowest BCUT2D eigenvalue weighted by atomic mass is 10.1. The molecule has 7 nitrogen and oxygen atoms in total. The summed E-state index contributed by atoms with van der Waals surface area (Å²) in [4.78, 5) is 31.0. The number of aliphatic carboxylic acids is 1. The fraction of sp³-hybridized carbons (Fsp3) is 0.250. The number of benzene rings is 1. The van der Waals surface area contributed by atoms with Crippen LogP contribution in [0.4, 0.5) is 4.79 Å². The molecule has 0 radical (unpaired) electrons. The zero-order chi connectivity index (χ0) is 16.7. The van der Waals surface area contributed by atoms with E-state index in [1.165, 1.54) is 6.20 Å². The molecule has 1 aromatic heterocycles. The molecule has 0 unspecified atom stereocenters. The maximum Gasteiger partial charge on any atom is 0.408 e. The number of nitrogens with zero attached hydrogens (tertiary/aromatic N) is 2. The lowest BCUT2D eigenvalue weighted by molar-refractivity contribution is -0.137. The van der Waals surface area contributed by atoms with Crippen LogP contribution in [0.5, 0.6) is 0 Å². The van der Waals surface area contributed by atoms with Crippen molar-refractivity contribution in [2.75, 3.05) is 0 Å². The highest BCUT2D eigenvalue weighted by Crippen LogP contribution is 2.15. The van der Waals surface area contributed by atoms with Gasteiger partial charge in [-0.25, -0.2) is 14.8 Å². The molecule has 2 aromatic rings. The first-order chi connectivity index (χ1) is 11.0. The van der Waals surface area contributed by atoms with E-state index in [2.05, 4.69) is 15.3 Å². The summed E-state index contributed by atoms with van der Waals surface area (Å²) in [5, 5.41) is 11.5. The predicted octanol–water partition coefficient (Wildman–Crippen LogP) is 2.23. The second-order valence-electron chi connectivity index (χ2n) is 4.89. The highest BCUT2D eigenvalue weighted by molar-refractivity contribution is 5.71. The summed E-state index contributed by atoms with van der Waals surface area (Å²) in [5.74, 6) is -0.549. The van der Waals surface area contributed by atoms with E-state index in [0.717, 1.165) is 5.56 Å². The quantitative estimate of drug-likeness (QED) is 0.847. The largest absolute Gasteiger partial charge is 0.481 e. The lowest BCUT2D eigenvalue weighted by Gasteiger charge is -2.16. The number of aryl methyl sites for hydroxylation is 1. The van der Waals surface area contributed by atoms with E-state index in [4.69, 9.17) is 9.84 Å². The van der Waals surface area contributed by atoms with Crippen molar-refractivity contribution in [2.45, 2.75) is 26.0 Å². The summed E-state index contributed by atoms with van der Waals surface area (Å²) in [6.07, 6.45) is 0.525. The lowest BCUT2D eigenvalue weighted by Crippen LogP contribution is -2.31. The van der Waals surface area contributed by atoms with Crippen LogP contribution in [-0.4, -0.2) is 27.1 Å². The van der Waals surface area contributed by atoms with Gasteiger partial charge in [-0.1, -0.05) is 30.3 Å². The minimum Gasteiger partial charge on any atom is -0.481 e. The van der Waals surface area contributed by atoms with Gasteiger partial charge in [0.15, 0.2) is 0 Å². The third-order valence-electron chi connectivity index (χ3n) is 3.04. The molecule has 0 aliphatic carbocycles. The van der Waals surface area contributed by atoms with Gasteiger partial charge in [0.05, 0.1) is 18.2 Å². The first-order valence-corrected chi connectivity index (χ1v) is 7.03. The van der Waals surface area contributed by atoms with Gasteiger partial charge in [0, 0.05) is 6.20 Å². The number of carboxylic acid groups (broad SMARTS) is 1. The Morgan fingerprint density at radius 1 is 1.26 bits per heavy atom. The van der Waals surface area contributed by atoms with E-state index in [-0.39, 0.29) is 13.0 Å². The maximum atomic E-state index is 11.9. The number of nitrogens with one attached hydrogen (secondary N) is 1. The Kier molecular flexibility index (Phi) is 5.62. The maximum absolute atomic E-state index is 11.9. The molecule has 2 N–H and O–H groups in total. The van der Waals surface area contributed by atoms with Crippen molar-refractivity contribution >= 4 is 12.1 Å². The fourth-order valence-corrected chi connectivity index (χ4v) is 1.98. The summed E-state index contributed by atoms with van der Waals surface area (Å²) in [7, 11) is 0. The van der Waals surface area contributed by atoms with Crippen molar-refractivity contribution in [3.05, 3.63) is 59.7 Å². The number of alkyl carbamates (subject to hydrolysis) is 1. The molecule has 23 heavy (non-hydrogen) atoms. The summed E-state index contributed by atoms with van der Waals surface area (Å²) >= 11 is 0. The topological polar surface area (TPSA) is 101 Å². The Labute approximate surface area is 133 Å². The van der Waals surface area contributed by atoms with Crippen molar-refractivity contribution in [1.82, 2.24) is 15.3 Å². The third-order valence-corrected chi connectivity index (χ3v) is 3.04. The van der Waals surface area contributed by atoms with Crippen LogP contribution in [0.1, 0.15) is 29.5 Å². The molecule has 1 amide bonds. The molecule has 0 aliphatic rings. The smallest absolute Gasteiger partial charge is 0.408 e. The predicted molar refractivity (Wildman–Crippen MR) is 81.5 cm³/mol. The molecule has 2 rings (SSSR count). The van der Waals surface area contributed by atoms with Crippen LogP contribution in [0.2, 0.25) is 0 Å². The molecule has 7 heteroatoms. The number of carbonyl (C=O) groups excluding carboxylic acids is 1. The van der Waals surface area contributed by atoms with Gasteiger partial charge in [-0.05, 0) is 18.6 Å². The molecule has 0 spiro atoms. The van der Waals surface area contributed by atoms with Crippen LogP contribution < -0.4 is 5.32 Å². The van der Waals surface area contributed by atoms with Crippen molar-refractivity contribution in [3.8, 4) is 0 Å². The number of carbonyl (C=O) groups is 2. The van der Waals surface area contributed by atoms with E-state index in [9.17, 15) is 9.59 Å². The third kappa shape index (κ3) is 5.39. The first-order valence-electron chi connectivity index (χ1n) is 7.03. The summed E-state index contributed by atoms with van der Waals surface area (Å²) in [6, 6.07) is 9.99. The second-order valence-corrected chi connectivity index (χ2v) is 4.89. The van der Waals surface area contributed by atoms with Crippen LogP contribution in [-0.2, 0) is 16.1 Å². The van der Waals surface area contributed by atoms with E-state index in [1.807, 2.05) is 30.3 Å². The number of carboxylic acids is 1. The Balaban J connectivity index is 1.99. The van der Waals surface area contributed by atoms with E-state index in [0.29, 0.717) is 11.5 Å². The Morgan fingerprint density at radius 3 is 2.65 bits per heavy atom. The average Bonchev–Trinajstić information content (AvgIpc) is 2.53. The Morgan fingerprint density at radius 2 is 2.00 bits per heavy atom. The first kappa shape index (κ1) is 16.4. The van der Waals surface area contributed by atoms with Gasteiger partial charge in [-0.2, -0.15) is 0 Å². The van der Waals surface area contributed by atoms with Crippen molar-refractivity contribution in [3.63, 3.8) is 0 Å². The summed E-state index contributed by atoms with van der Waals surface area (Å²) in [6.45, 7) is 1.80. The minimum absolute atomic E-state index is 0.106. The average molecular weight is 315 g/mol. The monoisotopic (exact) mass is 315 g/mol. The second kappa shape index (κ2) is 7.88. The van der Waals surface area contributed by atoms with Crippen LogP contribution in [0.25, 0.3) is 0 Å². The van der Waals surface area contributed by atoms with E-state index >= 15 is 0 Å². The molecule has 1 aromatic carbocycles. The Hall–Kier alpha value is -2.96. The van der Waals surface area contributed by atoms with Gasteiger partial charge in [0.1, 0.15) is 12.4 Å². The molecule has 0 saturated heterocycles. The molecular weight excluding hydrogens is 298 g/mol. The number of hydrogen-bond donors (Lipinski definition) is 2. The minimum atomic E-state index is -1.05. The van der Waals surface area contributed by atoms with Crippen molar-refractivity contribution in [2.24, 2.45) is 0 Å². The van der Waals surface area contributed by atoms with Gasteiger partial charge >= 0.3 is 12.1 Å². The van der Waals surface area contributed by atoms with E-state index < -0.39 is 18.1 Å². The van der Waals surface area contributed by atoms with Crippen molar-refractivity contribution in [1.29, 1.82) is 0 Å². The molecule has 0 fully saturated rings. The zero-order valence-corrected chi connectivity index (χ0v) is 12.6. The zero-order valence-electron chi connectivity index (χ0n) is 12.6. The Bertz CT molecular complexity index is 676. The summed E-state index contributed by atoms with van der Waals surface area (Å²) < 4.78 is 5.11. The van der Waals surface area contributed by atoms with Crippen LogP contribution >= 0.6 is 0 Å². The van der Waals surface area contributed by atoms with E-state index in [1.54, 1.807) is 13.0 Å². The molecule has 0 aliphatic heterocycles.